The number of rotatable bonds is 3. The Balaban J connectivity index is 1.54. The van der Waals surface area contributed by atoms with Crippen molar-refractivity contribution in [3.8, 4) is 17.9 Å². The first kappa shape index (κ1) is 19.2. The third-order valence-electron chi connectivity index (χ3n) is 4.98. The van der Waals surface area contributed by atoms with Gasteiger partial charge >= 0.3 is 6.03 Å². The van der Waals surface area contributed by atoms with Crippen LogP contribution >= 0.6 is 0 Å². The lowest BCUT2D eigenvalue weighted by molar-refractivity contribution is 0.196. The Morgan fingerprint density at radius 1 is 1.03 bits per heavy atom. The third kappa shape index (κ3) is 4.16. The molecular weight excluding hydrogens is 372 g/mol. The van der Waals surface area contributed by atoms with Crippen molar-refractivity contribution in [1.82, 2.24) is 9.88 Å². The van der Waals surface area contributed by atoms with Crippen molar-refractivity contribution in [3.63, 3.8) is 0 Å². The molecule has 0 radical (unpaired) electrons. The molecule has 3 aromatic rings. The predicted molar refractivity (Wildman–Crippen MR) is 115 cm³/mol. The summed E-state index contributed by atoms with van der Waals surface area (Å²) in [4.78, 5) is 20.6. The Hall–Kier alpha value is -4.09. The molecular formula is C25H20N4O. The topological polar surface area (TPSA) is 60.2 Å². The molecule has 0 atom stereocenters. The molecule has 2 heterocycles. The van der Waals surface area contributed by atoms with Gasteiger partial charge in [0.15, 0.2) is 0 Å². The number of urea groups is 1. The van der Waals surface area contributed by atoms with Crippen molar-refractivity contribution in [2.75, 3.05) is 11.9 Å². The maximum atomic E-state index is 12.8. The van der Waals surface area contributed by atoms with Crippen molar-refractivity contribution in [2.24, 2.45) is 0 Å². The van der Waals surface area contributed by atoms with Crippen molar-refractivity contribution in [1.29, 1.82) is 5.26 Å². The molecule has 4 rings (SSSR count). The summed E-state index contributed by atoms with van der Waals surface area (Å²) in [6, 6.07) is 21.5. The number of carbonyl (C=O) groups is 1. The quantitative estimate of drug-likeness (QED) is 0.630. The van der Waals surface area contributed by atoms with Crippen LogP contribution in [0.3, 0.4) is 0 Å². The van der Waals surface area contributed by atoms with Crippen molar-refractivity contribution in [3.05, 3.63) is 94.7 Å². The SMILES string of the molecule is CN1C(=O)N(Cc2cccc(C#N)c2)Cc2cc(C#CCc3ccccc3)cnc21. The van der Waals surface area contributed by atoms with Crippen molar-refractivity contribution < 1.29 is 4.79 Å². The monoisotopic (exact) mass is 392 g/mol. The zero-order valence-corrected chi connectivity index (χ0v) is 16.7. The number of aromatic nitrogens is 1. The molecule has 146 valence electrons. The molecule has 0 N–H and O–H groups in total. The number of pyridine rings is 1. The molecule has 5 nitrogen and oxygen atoms in total. The summed E-state index contributed by atoms with van der Waals surface area (Å²) in [5, 5.41) is 9.11. The Labute approximate surface area is 176 Å². The molecule has 0 saturated heterocycles. The van der Waals surface area contributed by atoms with Crippen LogP contribution in [-0.4, -0.2) is 23.0 Å². The lowest BCUT2D eigenvalue weighted by Crippen LogP contribution is -2.45. The highest BCUT2D eigenvalue weighted by molar-refractivity contribution is 5.93. The molecule has 0 bridgehead atoms. The second-order valence-corrected chi connectivity index (χ2v) is 7.18. The van der Waals surface area contributed by atoms with Gasteiger partial charge in [0.05, 0.1) is 18.2 Å². The van der Waals surface area contributed by atoms with E-state index >= 15 is 0 Å². The van der Waals surface area contributed by atoms with Gasteiger partial charge in [-0.3, -0.25) is 4.90 Å². The second-order valence-electron chi connectivity index (χ2n) is 7.18. The molecule has 1 aliphatic heterocycles. The van der Waals surface area contributed by atoms with E-state index in [9.17, 15) is 4.79 Å². The molecule has 0 aliphatic carbocycles. The fourth-order valence-corrected chi connectivity index (χ4v) is 3.49. The Morgan fingerprint density at radius 3 is 2.63 bits per heavy atom. The molecule has 5 heteroatoms. The van der Waals surface area contributed by atoms with Crippen LogP contribution in [0.5, 0.6) is 0 Å². The molecule has 1 aromatic heterocycles. The summed E-state index contributed by atoms with van der Waals surface area (Å²) in [7, 11) is 1.73. The number of hydrogen-bond donors (Lipinski definition) is 0. The van der Waals surface area contributed by atoms with Gasteiger partial charge < -0.3 is 4.90 Å². The van der Waals surface area contributed by atoms with E-state index in [0.29, 0.717) is 30.9 Å². The van der Waals surface area contributed by atoms with Gasteiger partial charge in [-0.15, -0.1) is 0 Å². The Bertz CT molecular complexity index is 1190. The van der Waals surface area contributed by atoms with Crippen LogP contribution in [0.15, 0.2) is 66.9 Å². The fourth-order valence-electron chi connectivity index (χ4n) is 3.49. The van der Waals surface area contributed by atoms with Crippen LogP contribution in [0.1, 0.15) is 27.8 Å². The molecule has 0 saturated carbocycles. The highest BCUT2D eigenvalue weighted by Crippen LogP contribution is 2.27. The van der Waals surface area contributed by atoms with Gasteiger partial charge in [0.25, 0.3) is 0 Å². The number of anilines is 1. The first-order valence-corrected chi connectivity index (χ1v) is 9.67. The van der Waals surface area contributed by atoms with E-state index in [4.69, 9.17) is 5.26 Å². The van der Waals surface area contributed by atoms with Gasteiger partial charge in [0.2, 0.25) is 0 Å². The fraction of sp³-hybridized carbons (Fsp3) is 0.160. The minimum atomic E-state index is -0.111. The van der Waals surface area contributed by atoms with Gasteiger partial charge in [-0.2, -0.15) is 5.26 Å². The smallest absolute Gasteiger partial charge is 0.316 e. The van der Waals surface area contributed by atoms with Gasteiger partial charge in [0, 0.05) is 37.3 Å². The maximum Gasteiger partial charge on any atom is 0.326 e. The summed E-state index contributed by atoms with van der Waals surface area (Å²) in [5.41, 5.74) is 4.47. The lowest BCUT2D eigenvalue weighted by Gasteiger charge is -2.34. The third-order valence-corrected chi connectivity index (χ3v) is 4.98. The van der Waals surface area contributed by atoms with Crippen molar-refractivity contribution in [2.45, 2.75) is 19.5 Å². The summed E-state index contributed by atoms with van der Waals surface area (Å²) in [5.74, 6) is 7.03. The molecule has 0 fully saturated rings. The number of nitrogens with zero attached hydrogens (tertiary/aromatic N) is 4. The highest BCUT2D eigenvalue weighted by atomic mass is 16.2. The van der Waals surface area contributed by atoms with Gasteiger partial charge in [-0.1, -0.05) is 54.3 Å². The molecule has 2 amide bonds. The number of fused-ring (bicyclic) bond motifs is 1. The lowest BCUT2D eigenvalue weighted by atomic mass is 10.1. The normalized spacial score (nSPS) is 12.6. The minimum Gasteiger partial charge on any atom is -0.316 e. The minimum absolute atomic E-state index is 0.111. The van der Waals surface area contributed by atoms with E-state index in [1.54, 1.807) is 29.1 Å². The zero-order chi connectivity index (χ0) is 20.9. The summed E-state index contributed by atoms with van der Waals surface area (Å²) in [6.07, 6.45) is 2.39. The van der Waals surface area contributed by atoms with E-state index in [1.807, 2.05) is 42.5 Å². The van der Waals surface area contributed by atoms with E-state index in [1.165, 1.54) is 5.56 Å². The molecule has 30 heavy (non-hydrogen) atoms. The van der Waals surface area contributed by atoms with E-state index in [2.05, 4.69) is 35.0 Å². The number of amides is 2. The van der Waals surface area contributed by atoms with Crippen LogP contribution in [0, 0.1) is 23.2 Å². The molecule has 2 aromatic carbocycles. The summed E-state index contributed by atoms with van der Waals surface area (Å²) < 4.78 is 0. The Kier molecular flexibility index (Phi) is 5.46. The van der Waals surface area contributed by atoms with Crippen LogP contribution in [0.25, 0.3) is 0 Å². The average Bonchev–Trinajstić information content (AvgIpc) is 2.78. The largest absolute Gasteiger partial charge is 0.326 e. The molecule has 0 unspecified atom stereocenters. The van der Waals surface area contributed by atoms with Crippen LogP contribution in [0.4, 0.5) is 10.6 Å². The average molecular weight is 392 g/mol. The maximum absolute atomic E-state index is 12.8. The van der Waals surface area contributed by atoms with E-state index in [0.717, 1.165) is 16.7 Å². The molecule has 1 aliphatic rings. The second kappa shape index (κ2) is 8.51. The van der Waals surface area contributed by atoms with Gasteiger partial charge in [0.1, 0.15) is 5.82 Å². The van der Waals surface area contributed by atoms with Gasteiger partial charge in [-0.25, -0.2) is 9.78 Å². The van der Waals surface area contributed by atoms with E-state index < -0.39 is 0 Å². The standard InChI is InChI=1S/C25H20N4O/c1-28-24-23(14-21(16-27-24)11-5-9-19-7-3-2-4-8-19)18-29(25(28)30)17-22-12-6-10-20(13-22)15-26/h2-4,6-8,10,12-14,16H,9,17-18H2,1H3. The predicted octanol–water partition coefficient (Wildman–Crippen LogP) is 4.12. The highest BCUT2D eigenvalue weighted by Gasteiger charge is 2.29. The number of carbonyl (C=O) groups excluding carboxylic acids is 1. The zero-order valence-electron chi connectivity index (χ0n) is 16.7. The van der Waals surface area contributed by atoms with Crippen LogP contribution in [-0.2, 0) is 19.5 Å². The summed E-state index contributed by atoms with van der Waals surface area (Å²) >= 11 is 0. The van der Waals surface area contributed by atoms with Crippen LogP contribution < -0.4 is 4.90 Å². The van der Waals surface area contributed by atoms with Crippen molar-refractivity contribution >= 4 is 11.8 Å². The Morgan fingerprint density at radius 2 is 1.83 bits per heavy atom. The van der Waals surface area contributed by atoms with Gasteiger partial charge in [-0.05, 0) is 29.3 Å². The summed E-state index contributed by atoms with van der Waals surface area (Å²) in [6.45, 7) is 0.887. The van der Waals surface area contributed by atoms with Crippen LogP contribution in [0.2, 0.25) is 0 Å². The van der Waals surface area contributed by atoms with E-state index in [-0.39, 0.29) is 6.03 Å². The first-order chi connectivity index (χ1) is 14.6. The molecule has 0 spiro atoms. The number of hydrogen-bond acceptors (Lipinski definition) is 3. The number of benzene rings is 2. The first-order valence-electron chi connectivity index (χ1n) is 9.67. The number of nitriles is 1.